The average Bonchev–Trinajstić information content (AvgIpc) is 2.83. The lowest BCUT2D eigenvalue weighted by molar-refractivity contribution is -0.122. The third kappa shape index (κ3) is 3.83. The molecule has 0 bridgehead atoms. The Hall–Kier alpha value is -1.40. The molecule has 94 valence electrons. The monoisotopic (exact) mass is 237 g/mol. The van der Waals surface area contributed by atoms with Gasteiger partial charge in [-0.05, 0) is 12.8 Å². The van der Waals surface area contributed by atoms with Crippen LogP contribution in [0, 0.1) is 0 Å². The minimum absolute atomic E-state index is 0.0510. The van der Waals surface area contributed by atoms with E-state index in [1.807, 2.05) is 0 Å². The maximum Gasteiger partial charge on any atom is 0.234 e. The molecule has 4 N–H and O–H groups in total. The number of likely N-dealkylation sites (tertiary alicyclic amines) is 1. The zero-order chi connectivity index (χ0) is 12.1. The van der Waals surface area contributed by atoms with Crippen LogP contribution in [0.1, 0.15) is 18.5 Å². The van der Waals surface area contributed by atoms with Crippen LogP contribution in [0.3, 0.4) is 0 Å². The molecule has 6 nitrogen and oxygen atoms in total. The molecule has 1 aliphatic rings. The summed E-state index contributed by atoms with van der Waals surface area (Å²) in [5.74, 6) is 0.0510. The molecule has 0 unspecified atom stereocenters. The highest BCUT2D eigenvalue weighted by atomic mass is 16.2. The van der Waals surface area contributed by atoms with Crippen LogP contribution < -0.4 is 11.1 Å². The zero-order valence-electron chi connectivity index (χ0n) is 9.85. The quantitative estimate of drug-likeness (QED) is 0.655. The van der Waals surface area contributed by atoms with Gasteiger partial charge in [0.15, 0.2) is 0 Å². The van der Waals surface area contributed by atoms with Crippen LogP contribution in [-0.2, 0) is 11.3 Å². The van der Waals surface area contributed by atoms with Gasteiger partial charge in [-0.15, -0.1) is 0 Å². The number of hydrogen-bond donors (Lipinski definition) is 3. The normalized spacial score (nSPS) is 18.2. The van der Waals surface area contributed by atoms with Crippen LogP contribution in [-0.4, -0.2) is 46.5 Å². The maximum atomic E-state index is 11.7. The number of H-pyrrole nitrogens is 1. The fraction of sp³-hybridized carbons (Fsp3) is 0.636. The van der Waals surface area contributed by atoms with E-state index in [0.29, 0.717) is 19.1 Å². The van der Waals surface area contributed by atoms with Crippen molar-refractivity contribution in [3.05, 3.63) is 18.2 Å². The largest absolute Gasteiger partial charge is 0.349 e. The molecule has 17 heavy (non-hydrogen) atoms. The molecule has 0 saturated carbocycles. The van der Waals surface area contributed by atoms with Crippen LogP contribution in [0.5, 0.6) is 0 Å². The lowest BCUT2D eigenvalue weighted by atomic mass is 10.1. The summed E-state index contributed by atoms with van der Waals surface area (Å²) in [5.41, 5.74) is 6.73. The molecule has 1 fully saturated rings. The molecule has 0 aromatic carbocycles. The van der Waals surface area contributed by atoms with Gasteiger partial charge in [-0.2, -0.15) is 0 Å². The number of aromatic nitrogens is 2. The van der Waals surface area contributed by atoms with Crippen molar-refractivity contribution in [1.82, 2.24) is 20.2 Å². The first-order valence-corrected chi connectivity index (χ1v) is 5.96. The third-order valence-corrected chi connectivity index (χ3v) is 3.03. The smallest absolute Gasteiger partial charge is 0.234 e. The Labute approximate surface area is 101 Å². The SMILES string of the molecule is NC1CCN(CC(=O)NCc2cnc[nH]2)CC1. The van der Waals surface area contributed by atoms with Gasteiger partial charge in [-0.3, -0.25) is 9.69 Å². The molecule has 0 radical (unpaired) electrons. The van der Waals surface area contributed by atoms with E-state index < -0.39 is 0 Å². The van der Waals surface area contributed by atoms with Crippen molar-refractivity contribution < 1.29 is 4.79 Å². The van der Waals surface area contributed by atoms with Crippen LogP contribution in [0.2, 0.25) is 0 Å². The van der Waals surface area contributed by atoms with Gasteiger partial charge in [0, 0.05) is 25.3 Å². The van der Waals surface area contributed by atoms with E-state index in [1.165, 1.54) is 0 Å². The predicted octanol–water partition coefficient (Wildman–Crippen LogP) is -0.551. The lowest BCUT2D eigenvalue weighted by Crippen LogP contribution is -2.44. The molecule has 2 rings (SSSR count). The predicted molar refractivity (Wildman–Crippen MR) is 64.1 cm³/mol. The molecule has 0 atom stereocenters. The first kappa shape index (κ1) is 12.1. The number of nitrogens with two attached hydrogens (primary N) is 1. The highest BCUT2D eigenvalue weighted by Crippen LogP contribution is 2.07. The topological polar surface area (TPSA) is 87.0 Å². The second-order valence-electron chi connectivity index (χ2n) is 4.47. The van der Waals surface area contributed by atoms with E-state index >= 15 is 0 Å². The highest BCUT2D eigenvalue weighted by Gasteiger charge is 2.17. The van der Waals surface area contributed by atoms with E-state index in [9.17, 15) is 4.79 Å². The number of rotatable bonds is 4. The summed E-state index contributed by atoms with van der Waals surface area (Å²) >= 11 is 0. The molecule has 1 aromatic heterocycles. The van der Waals surface area contributed by atoms with Crippen molar-refractivity contribution in [1.29, 1.82) is 0 Å². The summed E-state index contributed by atoms with van der Waals surface area (Å²) in [6.45, 7) is 2.80. The summed E-state index contributed by atoms with van der Waals surface area (Å²) in [7, 11) is 0. The fourth-order valence-electron chi connectivity index (χ4n) is 1.95. The number of amides is 1. The number of nitrogens with one attached hydrogen (secondary N) is 2. The Bertz CT molecular complexity index is 343. The van der Waals surface area contributed by atoms with E-state index in [-0.39, 0.29) is 5.91 Å². The van der Waals surface area contributed by atoms with Crippen molar-refractivity contribution >= 4 is 5.91 Å². The Balaban J connectivity index is 1.67. The van der Waals surface area contributed by atoms with Gasteiger partial charge in [-0.25, -0.2) is 4.98 Å². The Morgan fingerprint density at radius 1 is 1.59 bits per heavy atom. The number of carbonyl (C=O) groups excluding carboxylic acids is 1. The number of hydrogen-bond acceptors (Lipinski definition) is 4. The molecular formula is C11H19N5O. The van der Waals surface area contributed by atoms with Crippen LogP contribution in [0.15, 0.2) is 12.5 Å². The second kappa shape index (κ2) is 5.79. The molecule has 1 amide bonds. The number of imidazole rings is 1. The summed E-state index contributed by atoms with van der Waals surface area (Å²) in [6, 6.07) is 0.305. The molecule has 1 saturated heterocycles. The summed E-state index contributed by atoms with van der Waals surface area (Å²) in [6.07, 6.45) is 5.27. The molecule has 0 aliphatic carbocycles. The van der Waals surface area contributed by atoms with Gasteiger partial charge in [-0.1, -0.05) is 0 Å². The Kier molecular flexibility index (Phi) is 4.11. The van der Waals surface area contributed by atoms with Crippen molar-refractivity contribution in [3.8, 4) is 0 Å². The maximum absolute atomic E-state index is 11.7. The van der Waals surface area contributed by atoms with E-state index in [2.05, 4.69) is 20.2 Å². The summed E-state index contributed by atoms with van der Waals surface area (Å²) in [4.78, 5) is 20.7. The number of aromatic amines is 1. The van der Waals surface area contributed by atoms with E-state index in [4.69, 9.17) is 5.73 Å². The standard InChI is InChI=1S/C11H19N5O/c12-9-1-3-16(4-2-9)7-11(17)14-6-10-5-13-8-15-10/h5,8-9H,1-4,6-7,12H2,(H,13,15)(H,14,17). The summed E-state index contributed by atoms with van der Waals surface area (Å²) in [5, 5.41) is 2.86. The number of carbonyl (C=O) groups is 1. The van der Waals surface area contributed by atoms with Crippen LogP contribution in [0.4, 0.5) is 0 Å². The first-order valence-electron chi connectivity index (χ1n) is 5.96. The minimum Gasteiger partial charge on any atom is -0.349 e. The van der Waals surface area contributed by atoms with Crippen molar-refractivity contribution in [2.24, 2.45) is 5.73 Å². The second-order valence-corrected chi connectivity index (χ2v) is 4.47. The van der Waals surface area contributed by atoms with Crippen molar-refractivity contribution in [2.75, 3.05) is 19.6 Å². The van der Waals surface area contributed by atoms with Gasteiger partial charge >= 0.3 is 0 Å². The lowest BCUT2D eigenvalue weighted by Gasteiger charge is -2.29. The van der Waals surface area contributed by atoms with Gasteiger partial charge < -0.3 is 16.0 Å². The van der Waals surface area contributed by atoms with Crippen molar-refractivity contribution in [2.45, 2.75) is 25.4 Å². The van der Waals surface area contributed by atoms with E-state index in [1.54, 1.807) is 12.5 Å². The molecule has 1 aromatic rings. The molecule has 0 spiro atoms. The molecule has 2 heterocycles. The molecule has 6 heteroatoms. The fourth-order valence-corrected chi connectivity index (χ4v) is 1.95. The van der Waals surface area contributed by atoms with Crippen molar-refractivity contribution in [3.63, 3.8) is 0 Å². The van der Waals surface area contributed by atoms with Gasteiger partial charge in [0.2, 0.25) is 5.91 Å². The average molecular weight is 237 g/mol. The summed E-state index contributed by atoms with van der Waals surface area (Å²) < 4.78 is 0. The van der Waals surface area contributed by atoms with Crippen LogP contribution >= 0.6 is 0 Å². The minimum atomic E-state index is 0.0510. The number of nitrogens with zero attached hydrogens (tertiary/aromatic N) is 2. The molecular weight excluding hydrogens is 218 g/mol. The van der Waals surface area contributed by atoms with E-state index in [0.717, 1.165) is 31.6 Å². The Morgan fingerprint density at radius 2 is 2.35 bits per heavy atom. The zero-order valence-corrected chi connectivity index (χ0v) is 9.85. The number of piperidine rings is 1. The highest BCUT2D eigenvalue weighted by molar-refractivity contribution is 5.77. The van der Waals surface area contributed by atoms with Crippen LogP contribution in [0.25, 0.3) is 0 Å². The third-order valence-electron chi connectivity index (χ3n) is 3.03. The molecule has 1 aliphatic heterocycles. The first-order chi connectivity index (χ1) is 8.24. The van der Waals surface area contributed by atoms with Gasteiger partial charge in [0.1, 0.15) is 0 Å². The van der Waals surface area contributed by atoms with Gasteiger partial charge in [0.25, 0.3) is 0 Å². The Morgan fingerprint density at radius 3 is 3.00 bits per heavy atom. The van der Waals surface area contributed by atoms with Gasteiger partial charge in [0.05, 0.1) is 25.1 Å².